The molecule has 1 N–H and O–H groups in total. The van der Waals surface area contributed by atoms with Crippen LogP contribution in [0.2, 0.25) is 0 Å². The van der Waals surface area contributed by atoms with E-state index >= 15 is 0 Å². The van der Waals surface area contributed by atoms with Crippen molar-refractivity contribution in [2.24, 2.45) is 5.41 Å². The van der Waals surface area contributed by atoms with Crippen molar-refractivity contribution in [2.75, 3.05) is 26.3 Å². The molecule has 0 amide bonds. The van der Waals surface area contributed by atoms with Gasteiger partial charge in [0.2, 0.25) is 0 Å². The summed E-state index contributed by atoms with van der Waals surface area (Å²) >= 11 is 0. The van der Waals surface area contributed by atoms with Crippen LogP contribution in [0.25, 0.3) is 0 Å². The molecule has 0 heterocycles. The average molecular weight is 239 g/mol. The molecular formula is C11H20F3NO. The third-order valence-electron chi connectivity index (χ3n) is 3.02. The van der Waals surface area contributed by atoms with Crippen LogP contribution >= 0.6 is 0 Å². The zero-order valence-corrected chi connectivity index (χ0v) is 9.70. The second kappa shape index (κ2) is 5.87. The van der Waals surface area contributed by atoms with E-state index in [0.29, 0.717) is 11.8 Å². The van der Waals surface area contributed by atoms with E-state index in [0.717, 1.165) is 13.1 Å². The van der Waals surface area contributed by atoms with Crippen molar-refractivity contribution in [2.45, 2.75) is 38.8 Å². The molecule has 0 atom stereocenters. The molecule has 1 fully saturated rings. The van der Waals surface area contributed by atoms with Gasteiger partial charge in [-0.05, 0) is 31.2 Å². The van der Waals surface area contributed by atoms with E-state index in [1.165, 1.54) is 19.3 Å². The van der Waals surface area contributed by atoms with Crippen LogP contribution < -0.4 is 5.32 Å². The van der Waals surface area contributed by atoms with Gasteiger partial charge >= 0.3 is 6.18 Å². The normalized spacial score (nSPS) is 19.5. The van der Waals surface area contributed by atoms with Crippen LogP contribution in [0.4, 0.5) is 13.2 Å². The van der Waals surface area contributed by atoms with Crippen LogP contribution in [0.1, 0.15) is 32.6 Å². The van der Waals surface area contributed by atoms with Gasteiger partial charge in [-0.1, -0.05) is 13.3 Å². The highest BCUT2D eigenvalue weighted by atomic mass is 19.4. The number of hydrogen-bond acceptors (Lipinski definition) is 2. The molecule has 0 aliphatic heterocycles. The predicted octanol–water partition coefficient (Wildman–Crippen LogP) is 2.74. The fraction of sp³-hybridized carbons (Fsp3) is 1.00. The maximum Gasteiger partial charge on any atom is 0.411 e. The molecule has 1 rings (SSSR count). The molecule has 2 nitrogen and oxygen atoms in total. The molecule has 0 aromatic heterocycles. The predicted molar refractivity (Wildman–Crippen MR) is 56.3 cm³/mol. The highest BCUT2D eigenvalue weighted by molar-refractivity contribution is 4.84. The van der Waals surface area contributed by atoms with Crippen molar-refractivity contribution >= 4 is 0 Å². The summed E-state index contributed by atoms with van der Waals surface area (Å²) in [4.78, 5) is 0. The molecule has 0 bridgehead atoms. The van der Waals surface area contributed by atoms with Crippen molar-refractivity contribution in [1.82, 2.24) is 5.32 Å². The Bertz CT molecular complexity index is 202. The van der Waals surface area contributed by atoms with Crippen LogP contribution in [0.15, 0.2) is 0 Å². The van der Waals surface area contributed by atoms with Gasteiger partial charge in [0, 0.05) is 13.2 Å². The van der Waals surface area contributed by atoms with Gasteiger partial charge in [0.05, 0.1) is 0 Å². The highest BCUT2D eigenvalue weighted by Gasteiger charge is 2.30. The van der Waals surface area contributed by atoms with E-state index in [1.54, 1.807) is 0 Å². The first-order chi connectivity index (χ1) is 7.41. The Balaban J connectivity index is 1.85. The lowest BCUT2D eigenvalue weighted by atomic mass is 9.70. The van der Waals surface area contributed by atoms with E-state index < -0.39 is 12.8 Å². The quantitative estimate of drug-likeness (QED) is 0.690. The monoisotopic (exact) mass is 239 g/mol. The fourth-order valence-electron chi connectivity index (χ4n) is 1.83. The Morgan fingerprint density at radius 1 is 1.31 bits per heavy atom. The first-order valence-corrected chi connectivity index (χ1v) is 5.77. The van der Waals surface area contributed by atoms with E-state index in [9.17, 15) is 13.2 Å². The third-order valence-corrected chi connectivity index (χ3v) is 3.02. The molecule has 1 aliphatic carbocycles. The van der Waals surface area contributed by atoms with Crippen LogP contribution in [0.3, 0.4) is 0 Å². The van der Waals surface area contributed by atoms with E-state index in [-0.39, 0.29) is 6.61 Å². The fourth-order valence-corrected chi connectivity index (χ4v) is 1.83. The number of halogens is 3. The Morgan fingerprint density at radius 3 is 2.50 bits per heavy atom. The molecule has 0 aromatic rings. The smallest absolute Gasteiger partial charge is 0.372 e. The Labute approximate surface area is 94.5 Å². The molecule has 0 radical (unpaired) electrons. The lowest BCUT2D eigenvalue weighted by molar-refractivity contribution is -0.173. The van der Waals surface area contributed by atoms with Gasteiger partial charge in [-0.25, -0.2) is 0 Å². The number of rotatable bonds is 7. The van der Waals surface area contributed by atoms with Gasteiger partial charge in [-0.15, -0.1) is 0 Å². The molecular weight excluding hydrogens is 219 g/mol. The van der Waals surface area contributed by atoms with E-state index in [4.69, 9.17) is 0 Å². The van der Waals surface area contributed by atoms with E-state index in [2.05, 4.69) is 17.0 Å². The van der Waals surface area contributed by atoms with Gasteiger partial charge in [0.15, 0.2) is 0 Å². The summed E-state index contributed by atoms with van der Waals surface area (Å²) in [5.74, 6) is 0. The standard InChI is InChI=1S/C11H20F3NO/c1-10(4-2-5-10)8-15-6-3-7-16-9-11(12,13)14/h15H,2-9H2,1H3. The third kappa shape index (κ3) is 5.70. The van der Waals surface area contributed by atoms with E-state index in [1.807, 2.05) is 0 Å². The molecule has 0 aromatic carbocycles. The zero-order chi connectivity index (χ0) is 12.1. The van der Waals surface area contributed by atoms with Crippen molar-refractivity contribution in [3.63, 3.8) is 0 Å². The maximum atomic E-state index is 11.7. The minimum atomic E-state index is -4.20. The summed E-state index contributed by atoms with van der Waals surface area (Å²) in [5.41, 5.74) is 0.423. The number of ether oxygens (including phenoxy) is 1. The molecule has 5 heteroatoms. The summed E-state index contributed by atoms with van der Waals surface area (Å²) in [6.45, 7) is 2.97. The van der Waals surface area contributed by atoms with Crippen molar-refractivity contribution in [1.29, 1.82) is 0 Å². The minimum Gasteiger partial charge on any atom is -0.372 e. The summed E-state index contributed by atoms with van der Waals surface area (Å²) in [6.07, 6.45) is 0.237. The van der Waals surface area contributed by atoms with Gasteiger partial charge in [-0.3, -0.25) is 0 Å². The van der Waals surface area contributed by atoms with Crippen LogP contribution in [-0.4, -0.2) is 32.5 Å². The maximum absolute atomic E-state index is 11.7. The number of nitrogens with one attached hydrogen (secondary N) is 1. The SMILES string of the molecule is CC1(CNCCCOCC(F)(F)F)CCC1. The zero-order valence-electron chi connectivity index (χ0n) is 9.70. The van der Waals surface area contributed by atoms with Crippen LogP contribution in [0.5, 0.6) is 0 Å². The first kappa shape index (κ1) is 13.8. The molecule has 0 saturated heterocycles. The first-order valence-electron chi connectivity index (χ1n) is 5.77. The average Bonchev–Trinajstić information content (AvgIpc) is 2.12. The second-order valence-electron chi connectivity index (χ2n) is 4.86. The highest BCUT2D eigenvalue weighted by Crippen LogP contribution is 2.39. The van der Waals surface area contributed by atoms with Crippen molar-refractivity contribution < 1.29 is 17.9 Å². The molecule has 0 spiro atoms. The number of hydrogen-bond donors (Lipinski definition) is 1. The molecule has 0 unspecified atom stereocenters. The van der Waals surface area contributed by atoms with Crippen molar-refractivity contribution in [3.05, 3.63) is 0 Å². The van der Waals surface area contributed by atoms with Crippen LogP contribution in [0, 0.1) is 5.41 Å². The summed E-state index contributed by atoms with van der Waals surface area (Å²) < 4.78 is 39.6. The Kier molecular flexibility index (Phi) is 5.05. The van der Waals surface area contributed by atoms with Gasteiger partial charge < -0.3 is 10.1 Å². The Hall–Kier alpha value is -0.290. The van der Waals surface area contributed by atoms with Gasteiger partial charge in [-0.2, -0.15) is 13.2 Å². The molecule has 1 saturated carbocycles. The lowest BCUT2D eigenvalue weighted by Gasteiger charge is -2.38. The summed E-state index contributed by atoms with van der Waals surface area (Å²) in [5, 5.41) is 3.26. The lowest BCUT2D eigenvalue weighted by Crippen LogP contribution is -2.37. The minimum absolute atomic E-state index is 0.170. The van der Waals surface area contributed by atoms with Gasteiger partial charge in [0.1, 0.15) is 6.61 Å². The summed E-state index contributed by atoms with van der Waals surface area (Å²) in [7, 11) is 0. The molecule has 16 heavy (non-hydrogen) atoms. The second-order valence-corrected chi connectivity index (χ2v) is 4.86. The Morgan fingerprint density at radius 2 is 2.00 bits per heavy atom. The molecule has 96 valence electrons. The topological polar surface area (TPSA) is 21.3 Å². The largest absolute Gasteiger partial charge is 0.411 e. The van der Waals surface area contributed by atoms with Crippen LogP contribution in [-0.2, 0) is 4.74 Å². The van der Waals surface area contributed by atoms with Gasteiger partial charge in [0.25, 0.3) is 0 Å². The molecule has 1 aliphatic rings. The summed E-state index contributed by atoms with van der Waals surface area (Å²) in [6, 6.07) is 0. The van der Waals surface area contributed by atoms with Crippen molar-refractivity contribution in [3.8, 4) is 0 Å². The number of alkyl halides is 3.